The second-order valence-electron chi connectivity index (χ2n) is 10.6. The highest BCUT2D eigenvalue weighted by molar-refractivity contribution is 7.91. The number of nitrogens with one attached hydrogen (secondary N) is 1. The van der Waals surface area contributed by atoms with E-state index in [1.165, 1.54) is 16.4 Å². The molecule has 5 rings (SSSR count). The van der Waals surface area contributed by atoms with Crippen LogP contribution in [0.5, 0.6) is 5.75 Å². The van der Waals surface area contributed by atoms with Crippen LogP contribution in [-0.4, -0.2) is 78.5 Å². The van der Waals surface area contributed by atoms with Gasteiger partial charge in [0.2, 0.25) is 16.0 Å². The number of hydrogen-bond acceptors (Lipinski definition) is 9. The number of aromatic nitrogens is 2. The number of hydrogen-bond donors (Lipinski definition) is 1. The van der Waals surface area contributed by atoms with Gasteiger partial charge in [-0.2, -0.15) is 13.2 Å². The van der Waals surface area contributed by atoms with Crippen LogP contribution in [0, 0.1) is 0 Å². The number of rotatable bonds is 8. The van der Waals surface area contributed by atoms with Gasteiger partial charge in [-0.05, 0) is 68.9 Å². The van der Waals surface area contributed by atoms with Crippen LogP contribution in [0.2, 0.25) is 0 Å². The van der Waals surface area contributed by atoms with Crippen molar-refractivity contribution in [3.8, 4) is 5.75 Å². The Balaban J connectivity index is 1.26. The van der Waals surface area contributed by atoms with Gasteiger partial charge in [-0.15, -0.1) is 0 Å². The van der Waals surface area contributed by atoms with Gasteiger partial charge in [0, 0.05) is 51.6 Å². The molecule has 4 heterocycles. The number of anilines is 1. The number of carbonyl (C=O) groups is 1. The predicted molar refractivity (Wildman–Crippen MR) is 145 cm³/mol. The molecule has 3 aliphatic rings. The minimum absolute atomic E-state index is 0.00368. The topological polar surface area (TPSA) is 123 Å². The van der Waals surface area contributed by atoms with E-state index in [-0.39, 0.29) is 50.9 Å². The summed E-state index contributed by atoms with van der Waals surface area (Å²) in [6, 6.07) is 6.09. The number of ether oxygens (including phenoxy) is 2. The van der Waals surface area contributed by atoms with Crippen LogP contribution >= 0.6 is 0 Å². The fourth-order valence-electron chi connectivity index (χ4n) is 5.49. The van der Waals surface area contributed by atoms with Crippen molar-refractivity contribution in [3.63, 3.8) is 0 Å². The first kappa shape index (κ1) is 30.4. The Morgan fingerprint density at radius 3 is 2.26 bits per heavy atom. The summed E-state index contributed by atoms with van der Waals surface area (Å²) in [5.41, 5.74) is 1.62. The highest BCUT2D eigenvalue weighted by Gasteiger charge is 2.55. The SMILES string of the molecule is O=C(NOC1CCCCO1)C1(S(=O)(=O)N2CCC(Oc3ccc(C(F)(F)F)cc3)CC2)CCN(c2ncccn2)CC1. The Hall–Kier alpha value is -3.01. The van der Waals surface area contributed by atoms with E-state index in [1.54, 1.807) is 18.5 Å². The predicted octanol–water partition coefficient (Wildman–Crippen LogP) is 3.28. The summed E-state index contributed by atoms with van der Waals surface area (Å²) in [6.07, 6.45) is 0.701. The van der Waals surface area contributed by atoms with E-state index in [1.807, 2.05) is 4.90 Å². The van der Waals surface area contributed by atoms with Crippen molar-refractivity contribution >= 4 is 21.9 Å². The highest BCUT2D eigenvalue weighted by atomic mass is 32.2. The third-order valence-corrected chi connectivity index (χ3v) is 10.6. The van der Waals surface area contributed by atoms with Gasteiger partial charge < -0.3 is 14.4 Å². The number of benzene rings is 1. The molecule has 42 heavy (non-hydrogen) atoms. The summed E-state index contributed by atoms with van der Waals surface area (Å²) < 4.78 is 77.9. The van der Waals surface area contributed by atoms with Crippen LogP contribution in [0.25, 0.3) is 0 Å². The van der Waals surface area contributed by atoms with Crippen LogP contribution in [0.3, 0.4) is 0 Å². The number of alkyl halides is 3. The molecule has 3 fully saturated rings. The molecule has 1 aromatic heterocycles. The van der Waals surface area contributed by atoms with Gasteiger partial charge in [-0.1, -0.05) is 0 Å². The number of nitrogens with zero attached hydrogens (tertiary/aromatic N) is 4. The molecule has 3 saturated heterocycles. The lowest BCUT2D eigenvalue weighted by Crippen LogP contribution is -2.63. The molecule has 1 aromatic carbocycles. The van der Waals surface area contributed by atoms with Crippen LogP contribution in [0.1, 0.15) is 50.5 Å². The average molecular weight is 614 g/mol. The molecule has 1 atom stereocenters. The van der Waals surface area contributed by atoms with Gasteiger partial charge in [0.05, 0.1) is 5.56 Å². The Labute approximate surface area is 242 Å². The first-order valence-corrected chi connectivity index (χ1v) is 15.5. The maximum atomic E-state index is 14.2. The largest absolute Gasteiger partial charge is 0.490 e. The van der Waals surface area contributed by atoms with Gasteiger partial charge in [0.1, 0.15) is 11.9 Å². The molecular weight excluding hydrogens is 579 g/mol. The van der Waals surface area contributed by atoms with E-state index in [2.05, 4.69) is 15.4 Å². The summed E-state index contributed by atoms with van der Waals surface area (Å²) >= 11 is 0. The molecular formula is C27H34F3N5O6S. The number of sulfonamides is 1. The monoisotopic (exact) mass is 613 g/mol. The number of piperidine rings is 2. The lowest BCUT2D eigenvalue weighted by molar-refractivity contribution is -0.201. The van der Waals surface area contributed by atoms with Crippen molar-refractivity contribution in [2.75, 3.05) is 37.7 Å². The first-order valence-electron chi connectivity index (χ1n) is 14.0. The third kappa shape index (κ3) is 6.63. The van der Waals surface area contributed by atoms with Crippen molar-refractivity contribution in [1.29, 1.82) is 0 Å². The summed E-state index contributed by atoms with van der Waals surface area (Å²) in [5.74, 6) is -0.0110. The second kappa shape index (κ2) is 12.7. The minimum atomic E-state index is -4.45. The summed E-state index contributed by atoms with van der Waals surface area (Å²) in [6.45, 7) is 1.18. The van der Waals surface area contributed by atoms with Crippen molar-refractivity contribution in [1.82, 2.24) is 19.8 Å². The molecule has 0 saturated carbocycles. The van der Waals surface area contributed by atoms with Crippen LogP contribution < -0.4 is 15.1 Å². The van der Waals surface area contributed by atoms with Gasteiger partial charge in [0.15, 0.2) is 11.0 Å². The maximum Gasteiger partial charge on any atom is 0.416 e. The van der Waals surface area contributed by atoms with Gasteiger partial charge in [-0.25, -0.2) is 33.0 Å². The summed E-state index contributed by atoms with van der Waals surface area (Å²) in [7, 11) is -4.17. The Kier molecular flexibility index (Phi) is 9.20. The fourth-order valence-corrected chi connectivity index (χ4v) is 7.65. The number of hydroxylamine groups is 1. The molecule has 0 bridgehead atoms. The van der Waals surface area contributed by atoms with Crippen molar-refractivity contribution in [3.05, 3.63) is 48.3 Å². The van der Waals surface area contributed by atoms with E-state index < -0.39 is 38.7 Å². The number of halogens is 3. The smallest absolute Gasteiger partial charge is 0.416 e. The molecule has 230 valence electrons. The quantitative estimate of drug-likeness (QED) is 0.447. The lowest BCUT2D eigenvalue weighted by Gasteiger charge is -2.43. The van der Waals surface area contributed by atoms with E-state index >= 15 is 0 Å². The number of amides is 1. The van der Waals surface area contributed by atoms with Crippen LogP contribution in [-0.2, 0) is 30.6 Å². The number of carbonyl (C=O) groups excluding carboxylic acids is 1. The zero-order valence-corrected chi connectivity index (χ0v) is 23.8. The van der Waals surface area contributed by atoms with Gasteiger partial charge >= 0.3 is 6.18 Å². The minimum Gasteiger partial charge on any atom is -0.490 e. The fraction of sp³-hybridized carbons (Fsp3) is 0.593. The molecule has 3 aliphatic heterocycles. The maximum absolute atomic E-state index is 14.2. The Bertz CT molecular complexity index is 1290. The molecule has 1 unspecified atom stereocenters. The molecule has 2 aromatic rings. The van der Waals surface area contributed by atoms with Crippen molar-refractivity contribution in [2.45, 2.75) is 68.3 Å². The molecule has 1 N–H and O–H groups in total. The Morgan fingerprint density at radius 2 is 1.67 bits per heavy atom. The standard InChI is InChI=1S/C27H34F3N5O6S/c28-27(29,30)20-5-7-21(8-6-20)40-22-9-15-35(16-10-22)42(37,38)26(24(36)33-41-23-4-1-2-19-39-23)11-17-34(18-12-26)25-31-13-3-14-32-25/h3,5-8,13-14,22-23H,1-2,4,9-12,15-19H2,(H,33,36). The molecule has 0 spiro atoms. The van der Waals surface area contributed by atoms with Crippen LogP contribution in [0.4, 0.5) is 19.1 Å². The van der Waals surface area contributed by atoms with E-state index in [0.29, 0.717) is 31.8 Å². The van der Waals surface area contributed by atoms with E-state index in [9.17, 15) is 26.4 Å². The average Bonchev–Trinajstić information content (AvgIpc) is 3.01. The Morgan fingerprint density at radius 1 is 1.00 bits per heavy atom. The molecule has 15 heteroatoms. The molecule has 1 amide bonds. The van der Waals surface area contributed by atoms with Crippen molar-refractivity contribution < 1.29 is 40.7 Å². The second-order valence-corrected chi connectivity index (χ2v) is 12.9. The van der Waals surface area contributed by atoms with E-state index in [0.717, 1.165) is 25.0 Å². The lowest BCUT2D eigenvalue weighted by atomic mass is 9.95. The van der Waals surface area contributed by atoms with E-state index in [4.69, 9.17) is 14.3 Å². The third-order valence-electron chi connectivity index (χ3n) is 7.96. The normalized spacial score (nSPS) is 22.5. The molecule has 0 aliphatic carbocycles. The summed E-state index contributed by atoms with van der Waals surface area (Å²) in [5, 5.41) is 0. The van der Waals surface area contributed by atoms with Crippen LogP contribution in [0.15, 0.2) is 42.7 Å². The molecule has 0 radical (unpaired) electrons. The zero-order chi connectivity index (χ0) is 29.8. The zero-order valence-electron chi connectivity index (χ0n) is 23.0. The van der Waals surface area contributed by atoms with Gasteiger partial charge in [0.25, 0.3) is 5.91 Å². The molecule has 11 nitrogen and oxygen atoms in total. The summed E-state index contributed by atoms with van der Waals surface area (Å²) in [4.78, 5) is 29.5. The highest BCUT2D eigenvalue weighted by Crippen LogP contribution is 2.37. The van der Waals surface area contributed by atoms with Gasteiger partial charge in [-0.3, -0.25) is 4.79 Å². The van der Waals surface area contributed by atoms with Crippen molar-refractivity contribution in [2.24, 2.45) is 0 Å². The first-order chi connectivity index (χ1) is 20.1.